The molecule has 2 N–H and O–H groups in total. The molecule has 0 bridgehead atoms. The van der Waals surface area contributed by atoms with Gasteiger partial charge in [0.25, 0.3) is 0 Å². The molecule has 96 valence electrons. The molecule has 18 heavy (non-hydrogen) atoms. The standard InChI is InChI=1S/C15H19NOS/c1-2-14-6-7-15(18-14)10-16-9-12-4-3-5-13(8-12)11-17/h3-8,16-17H,2,9-11H2,1H3. The second-order valence-electron chi connectivity index (χ2n) is 4.30. The fourth-order valence-electron chi connectivity index (χ4n) is 1.88. The van der Waals surface area contributed by atoms with Crippen LogP contribution in [0.5, 0.6) is 0 Å². The summed E-state index contributed by atoms with van der Waals surface area (Å²) < 4.78 is 0. The number of hydrogen-bond acceptors (Lipinski definition) is 3. The first-order valence-corrected chi connectivity index (χ1v) is 7.10. The first-order valence-electron chi connectivity index (χ1n) is 6.28. The molecule has 0 saturated heterocycles. The van der Waals surface area contributed by atoms with Gasteiger partial charge in [0.05, 0.1) is 6.61 Å². The van der Waals surface area contributed by atoms with E-state index in [2.05, 4.69) is 30.4 Å². The molecule has 2 aromatic rings. The third-order valence-corrected chi connectivity index (χ3v) is 4.10. The Balaban J connectivity index is 1.84. The molecule has 0 atom stereocenters. The number of aliphatic hydroxyl groups is 1. The van der Waals surface area contributed by atoms with Crippen molar-refractivity contribution < 1.29 is 5.11 Å². The number of aryl methyl sites for hydroxylation is 1. The van der Waals surface area contributed by atoms with Crippen LogP contribution in [0.25, 0.3) is 0 Å². The number of nitrogens with one attached hydrogen (secondary N) is 1. The fraction of sp³-hybridized carbons (Fsp3) is 0.333. The lowest BCUT2D eigenvalue weighted by Gasteiger charge is -2.05. The lowest BCUT2D eigenvalue weighted by molar-refractivity contribution is 0.281. The van der Waals surface area contributed by atoms with Crippen LogP contribution in [-0.4, -0.2) is 5.11 Å². The van der Waals surface area contributed by atoms with E-state index >= 15 is 0 Å². The Bertz CT molecular complexity index is 493. The zero-order valence-corrected chi connectivity index (χ0v) is 11.5. The second-order valence-corrected chi connectivity index (χ2v) is 5.56. The van der Waals surface area contributed by atoms with Gasteiger partial charge in [0.1, 0.15) is 0 Å². The highest BCUT2D eigenvalue weighted by atomic mass is 32.1. The van der Waals surface area contributed by atoms with E-state index < -0.39 is 0 Å². The molecule has 1 heterocycles. The van der Waals surface area contributed by atoms with Gasteiger partial charge >= 0.3 is 0 Å². The van der Waals surface area contributed by atoms with Gasteiger partial charge in [0.2, 0.25) is 0 Å². The first kappa shape index (κ1) is 13.3. The molecule has 0 saturated carbocycles. The zero-order valence-electron chi connectivity index (χ0n) is 10.6. The van der Waals surface area contributed by atoms with Crippen LogP contribution >= 0.6 is 11.3 Å². The van der Waals surface area contributed by atoms with Crippen molar-refractivity contribution in [3.63, 3.8) is 0 Å². The van der Waals surface area contributed by atoms with Gasteiger partial charge in [-0.05, 0) is 29.7 Å². The highest BCUT2D eigenvalue weighted by Gasteiger charge is 1.99. The van der Waals surface area contributed by atoms with Gasteiger partial charge < -0.3 is 10.4 Å². The molecule has 0 unspecified atom stereocenters. The van der Waals surface area contributed by atoms with Gasteiger partial charge in [0.15, 0.2) is 0 Å². The largest absolute Gasteiger partial charge is 0.392 e. The van der Waals surface area contributed by atoms with Gasteiger partial charge in [-0.2, -0.15) is 0 Å². The zero-order chi connectivity index (χ0) is 12.8. The van der Waals surface area contributed by atoms with Gasteiger partial charge in [-0.1, -0.05) is 31.2 Å². The Hall–Kier alpha value is -1.16. The minimum Gasteiger partial charge on any atom is -0.392 e. The average molecular weight is 261 g/mol. The highest BCUT2D eigenvalue weighted by molar-refractivity contribution is 7.11. The van der Waals surface area contributed by atoms with Gasteiger partial charge in [-0.15, -0.1) is 11.3 Å². The molecule has 1 aromatic heterocycles. The minimum atomic E-state index is 0.110. The molecular weight excluding hydrogens is 242 g/mol. The Labute approximate surface area is 112 Å². The summed E-state index contributed by atoms with van der Waals surface area (Å²) in [5.74, 6) is 0. The van der Waals surface area contributed by atoms with Crippen LogP contribution in [0.15, 0.2) is 36.4 Å². The van der Waals surface area contributed by atoms with E-state index in [0.717, 1.165) is 25.1 Å². The van der Waals surface area contributed by atoms with Gasteiger partial charge in [0, 0.05) is 22.8 Å². The lowest BCUT2D eigenvalue weighted by atomic mass is 10.1. The molecule has 2 rings (SSSR count). The van der Waals surface area contributed by atoms with E-state index in [1.807, 2.05) is 29.5 Å². The van der Waals surface area contributed by atoms with Crippen LogP contribution in [0.1, 0.15) is 27.8 Å². The summed E-state index contributed by atoms with van der Waals surface area (Å²) in [6, 6.07) is 12.4. The van der Waals surface area contributed by atoms with Crippen molar-refractivity contribution in [1.82, 2.24) is 5.32 Å². The van der Waals surface area contributed by atoms with Crippen molar-refractivity contribution in [2.45, 2.75) is 33.0 Å². The molecule has 0 aliphatic heterocycles. The normalized spacial score (nSPS) is 10.8. The maximum atomic E-state index is 9.08. The van der Waals surface area contributed by atoms with Crippen LogP contribution in [0, 0.1) is 0 Å². The monoisotopic (exact) mass is 261 g/mol. The molecule has 0 aliphatic carbocycles. The Morgan fingerprint density at radius 3 is 2.56 bits per heavy atom. The Morgan fingerprint density at radius 1 is 1.06 bits per heavy atom. The SMILES string of the molecule is CCc1ccc(CNCc2cccc(CO)c2)s1. The summed E-state index contributed by atoms with van der Waals surface area (Å²) in [5, 5.41) is 12.5. The summed E-state index contributed by atoms with van der Waals surface area (Å²) >= 11 is 1.87. The van der Waals surface area contributed by atoms with Crippen molar-refractivity contribution in [3.8, 4) is 0 Å². The van der Waals surface area contributed by atoms with Crippen molar-refractivity contribution >= 4 is 11.3 Å². The molecule has 0 spiro atoms. The van der Waals surface area contributed by atoms with Crippen molar-refractivity contribution in [1.29, 1.82) is 0 Å². The number of aliphatic hydroxyl groups excluding tert-OH is 1. The quantitative estimate of drug-likeness (QED) is 0.837. The van der Waals surface area contributed by atoms with Crippen molar-refractivity contribution in [3.05, 3.63) is 57.3 Å². The third-order valence-electron chi connectivity index (χ3n) is 2.87. The molecule has 1 aromatic carbocycles. The van der Waals surface area contributed by atoms with Gasteiger partial charge in [-0.3, -0.25) is 0 Å². The summed E-state index contributed by atoms with van der Waals surface area (Å²) in [6.07, 6.45) is 1.11. The molecule has 3 heteroatoms. The van der Waals surface area contributed by atoms with Crippen LogP contribution in [0.3, 0.4) is 0 Å². The molecular formula is C15H19NOS. The molecule has 0 fully saturated rings. The van der Waals surface area contributed by atoms with E-state index in [-0.39, 0.29) is 6.61 Å². The number of hydrogen-bond donors (Lipinski definition) is 2. The average Bonchev–Trinajstić information content (AvgIpc) is 2.87. The summed E-state index contributed by atoms with van der Waals surface area (Å²) in [6.45, 7) is 4.04. The first-order chi connectivity index (χ1) is 8.81. The smallest absolute Gasteiger partial charge is 0.0681 e. The predicted octanol–water partition coefficient (Wildman–Crippen LogP) is 3.09. The Kier molecular flexibility index (Phi) is 4.93. The van der Waals surface area contributed by atoms with Crippen molar-refractivity contribution in [2.75, 3.05) is 0 Å². The van der Waals surface area contributed by atoms with Crippen LogP contribution < -0.4 is 5.32 Å². The number of benzene rings is 1. The van der Waals surface area contributed by atoms with E-state index in [0.29, 0.717) is 0 Å². The Morgan fingerprint density at radius 2 is 1.83 bits per heavy atom. The van der Waals surface area contributed by atoms with Crippen LogP contribution in [0.4, 0.5) is 0 Å². The van der Waals surface area contributed by atoms with Crippen LogP contribution in [-0.2, 0) is 26.1 Å². The van der Waals surface area contributed by atoms with Crippen molar-refractivity contribution in [2.24, 2.45) is 0 Å². The second kappa shape index (κ2) is 6.69. The maximum absolute atomic E-state index is 9.08. The predicted molar refractivity (Wildman–Crippen MR) is 76.6 cm³/mol. The lowest BCUT2D eigenvalue weighted by Crippen LogP contribution is -2.11. The summed E-state index contributed by atoms with van der Waals surface area (Å²) in [5.41, 5.74) is 2.19. The van der Waals surface area contributed by atoms with E-state index in [9.17, 15) is 0 Å². The third kappa shape index (κ3) is 3.67. The molecule has 0 amide bonds. The molecule has 0 radical (unpaired) electrons. The summed E-state index contributed by atoms with van der Waals surface area (Å²) in [4.78, 5) is 2.82. The maximum Gasteiger partial charge on any atom is 0.0681 e. The number of thiophene rings is 1. The van der Waals surface area contributed by atoms with Crippen LogP contribution in [0.2, 0.25) is 0 Å². The van der Waals surface area contributed by atoms with E-state index in [1.165, 1.54) is 15.3 Å². The topological polar surface area (TPSA) is 32.3 Å². The number of rotatable bonds is 6. The van der Waals surface area contributed by atoms with Gasteiger partial charge in [-0.25, -0.2) is 0 Å². The minimum absolute atomic E-state index is 0.110. The highest BCUT2D eigenvalue weighted by Crippen LogP contribution is 2.16. The van der Waals surface area contributed by atoms with E-state index in [1.54, 1.807) is 0 Å². The molecule has 0 aliphatic rings. The molecule has 2 nitrogen and oxygen atoms in total. The summed E-state index contributed by atoms with van der Waals surface area (Å²) in [7, 11) is 0. The van der Waals surface area contributed by atoms with E-state index in [4.69, 9.17) is 5.11 Å². The fourth-order valence-corrected chi connectivity index (χ4v) is 2.80.